The van der Waals surface area contributed by atoms with Gasteiger partial charge >= 0.3 is 0 Å². The van der Waals surface area contributed by atoms with Gasteiger partial charge in [-0.25, -0.2) is 0 Å². The highest BCUT2D eigenvalue weighted by atomic mass is 35.5. The fourth-order valence-corrected chi connectivity index (χ4v) is 3.61. The van der Waals surface area contributed by atoms with E-state index in [1.54, 1.807) is 0 Å². The highest BCUT2D eigenvalue weighted by Crippen LogP contribution is 2.60. The summed E-state index contributed by atoms with van der Waals surface area (Å²) in [4.78, 5) is 0. The van der Waals surface area contributed by atoms with Crippen LogP contribution in [0.1, 0.15) is 35.8 Å². The Labute approximate surface area is 98.9 Å². The zero-order valence-corrected chi connectivity index (χ0v) is 9.65. The number of allylic oxidation sites excluding steroid dienone is 1. The number of nitrogen functional groups attached to an aromatic ring is 1. The van der Waals surface area contributed by atoms with Gasteiger partial charge in [0, 0.05) is 17.5 Å². The summed E-state index contributed by atoms with van der Waals surface area (Å²) in [5.41, 5.74) is 10.7. The van der Waals surface area contributed by atoms with Crippen molar-refractivity contribution in [3.8, 4) is 0 Å². The molecule has 15 heavy (non-hydrogen) atoms. The number of rotatable bonds is 0. The van der Waals surface area contributed by atoms with Gasteiger partial charge in [-0.1, -0.05) is 35.3 Å². The molecule has 2 N–H and O–H groups in total. The first-order valence-electron chi connectivity index (χ1n) is 5.13. The van der Waals surface area contributed by atoms with E-state index in [9.17, 15) is 0 Å². The minimum absolute atomic E-state index is 0.371. The Morgan fingerprint density at radius 2 is 1.93 bits per heavy atom. The van der Waals surface area contributed by atoms with E-state index in [-0.39, 0.29) is 0 Å². The molecule has 0 spiro atoms. The van der Waals surface area contributed by atoms with Crippen molar-refractivity contribution in [2.24, 2.45) is 0 Å². The minimum atomic E-state index is 0.371. The molecule has 1 aromatic carbocycles. The minimum Gasteiger partial charge on any atom is -0.398 e. The normalized spacial score (nSPS) is 26.9. The van der Waals surface area contributed by atoms with Crippen molar-refractivity contribution in [2.75, 3.05) is 5.73 Å². The molecule has 0 saturated heterocycles. The maximum Gasteiger partial charge on any atom is 0.107 e. The molecule has 1 nitrogen and oxygen atoms in total. The summed E-state index contributed by atoms with van der Waals surface area (Å²) in [5.74, 6) is 0.787. The Bertz CT molecular complexity index is 461. The van der Waals surface area contributed by atoms with E-state index >= 15 is 0 Å². The lowest BCUT2D eigenvalue weighted by Crippen LogP contribution is -2.01. The van der Waals surface area contributed by atoms with Gasteiger partial charge in [-0.3, -0.25) is 0 Å². The molecular weight excluding hydrogens is 229 g/mol. The van der Waals surface area contributed by atoms with E-state index in [0.717, 1.165) is 18.5 Å². The van der Waals surface area contributed by atoms with Gasteiger partial charge in [0.25, 0.3) is 0 Å². The van der Waals surface area contributed by atoms with Crippen LogP contribution in [0.15, 0.2) is 28.3 Å². The Morgan fingerprint density at radius 1 is 1.20 bits per heavy atom. The van der Waals surface area contributed by atoms with Crippen molar-refractivity contribution in [1.82, 2.24) is 0 Å². The van der Waals surface area contributed by atoms with Crippen LogP contribution < -0.4 is 5.73 Å². The second-order valence-electron chi connectivity index (χ2n) is 4.25. The molecule has 3 rings (SSSR count). The van der Waals surface area contributed by atoms with Crippen LogP contribution >= 0.6 is 23.2 Å². The Balaban J connectivity index is 2.26. The summed E-state index contributed by atoms with van der Waals surface area (Å²) in [6.07, 6.45) is 2.28. The van der Waals surface area contributed by atoms with Crippen LogP contribution in [-0.4, -0.2) is 0 Å². The second-order valence-corrected chi connectivity index (χ2v) is 5.20. The van der Waals surface area contributed by atoms with E-state index in [1.165, 1.54) is 16.7 Å². The smallest absolute Gasteiger partial charge is 0.107 e. The van der Waals surface area contributed by atoms with Crippen LogP contribution in [0, 0.1) is 0 Å². The summed E-state index contributed by atoms with van der Waals surface area (Å²) < 4.78 is 0.443. The van der Waals surface area contributed by atoms with E-state index < -0.39 is 0 Å². The van der Waals surface area contributed by atoms with Gasteiger partial charge in [-0.2, -0.15) is 0 Å². The van der Waals surface area contributed by atoms with Crippen molar-refractivity contribution in [3.05, 3.63) is 39.4 Å². The SMILES string of the molecule is Nc1cccc2c1[C@H]1CC[C@@H]2C1=C(Cl)Cl. The van der Waals surface area contributed by atoms with Crippen LogP contribution in [0.25, 0.3) is 0 Å². The van der Waals surface area contributed by atoms with Crippen molar-refractivity contribution < 1.29 is 0 Å². The van der Waals surface area contributed by atoms with Crippen LogP contribution in [0.5, 0.6) is 0 Å². The third-order valence-electron chi connectivity index (χ3n) is 3.61. The number of anilines is 1. The third kappa shape index (κ3) is 1.17. The van der Waals surface area contributed by atoms with Crippen molar-refractivity contribution in [2.45, 2.75) is 24.7 Å². The number of halogens is 2. The quantitative estimate of drug-likeness (QED) is 0.683. The van der Waals surface area contributed by atoms with Crippen molar-refractivity contribution in [3.63, 3.8) is 0 Å². The molecule has 2 atom stereocenters. The van der Waals surface area contributed by atoms with E-state index in [4.69, 9.17) is 28.9 Å². The number of hydrogen-bond donors (Lipinski definition) is 1. The van der Waals surface area contributed by atoms with Gasteiger partial charge in [0.15, 0.2) is 0 Å². The molecule has 0 heterocycles. The molecule has 3 heteroatoms. The first-order valence-corrected chi connectivity index (χ1v) is 5.89. The Hall–Kier alpha value is -0.660. The molecule has 0 radical (unpaired) electrons. The molecule has 78 valence electrons. The first-order chi connectivity index (χ1) is 7.20. The Kier molecular flexibility index (Phi) is 2.02. The predicted octanol–water partition coefficient (Wildman–Crippen LogP) is 3.93. The summed E-state index contributed by atoms with van der Waals surface area (Å²) in [5, 5.41) is 0. The molecule has 0 unspecified atom stereocenters. The molecule has 0 amide bonds. The zero-order chi connectivity index (χ0) is 10.6. The van der Waals surface area contributed by atoms with E-state index in [0.29, 0.717) is 16.3 Å². The number of fused-ring (bicyclic) bond motifs is 5. The van der Waals surface area contributed by atoms with Gasteiger partial charge in [0.05, 0.1) is 0 Å². The average molecular weight is 240 g/mol. The summed E-state index contributed by atoms with van der Waals surface area (Å²) in [7, 11) is 0. The van der Waals surface area contributed by atoms with Gasteiger partial charge in [0.1, 0.15) is 4.49 Å². The predicted molar refractivity (Wildman–Crippen MR) is 64.3 cm³/mol. The highest BCUT2D eigenvalue weighted by molar-refractivity contribution is 6.56. The van der Waals surface area contributed by atoms with Crippen LogP contribution in [0.3, 0.4) is 0 Å². The lowest BCUT2D eigenvalue weighted by molar-refractivity contribution is 0.719. The standard InChI is InChI=1S/C12H11Cl2N/c13-12(14)11-7-4-5-8(11)10-6(7)2-1-3-9(10)15/h1-3,7-8H,4-5,15H2/t7-,8+/m0/s1. The van der Waals surface area contributed by atoms with Gasteiger partial charge in [-0.15, -0.1) is 0 Å². The van der Waals surface area contributed by atoms with E-state index in [2.05, 4.69) is 6.07 Å². The Morgan fingerprint density at radius 3 is 2.60 bits per heavy atom. The fraction of sp³-hybridized carbons (Fsp3) is 0.333. The summed E-state index contributed by atoms with van der Waals surface area (Å²) in [6.45, 7) is 0. The van der Waals surface area contributed by atoms with Crippen LogP contribution in [0.2, 0.25) is 0 Å². The average Bonchev–Trinajstić information content (AvgIpc) is 2.73. The molecule has 1 saturated carbocycles. The van der Waals surface area contributed by atoms with Gasteiger partial charge < -0.3 is 5.73 Å². The third-order valence-corrected chi connectivity index (χ3v) is 4.05. The van der Waals surface area contributed by atoms with E-state index in [1.807, 2.05) is 12.1 Å². The lowest BCUT2D eigenvalue weighted by atomic mass is 9.91. The summed E-state index contributed by atoms with van der Waals surface area (Å²) >= 11 is 11.9. The topological polar surface area (TPSA) is 26.0 Å². The molecule has 1 fully saturated rings. The van der Waals surface area contributed by atoms with Crippen molar-refractivity contribution in [1.29, 1.82) is 0 Å². The second kappa shape index (κ2) is 3.16. The van der Waals surface area contributed by atoms with Gasteiger partial charge in [0.2, 0.25) is 0 Å². The zero-order valence-electron chi connectivity index (χ0n) is 8.13. The maximum atomic E-state index is 6.01. The first kappa shape index (κ1) is 9.56. The highest BCUT2D eigenvalue weighted by Gasteiger charge is 2.43. The van der Waals surface area contributed by atoms with Gasteiger partial charge in [-0.05, 0) is 35.6 Å². The molecule has 2 bridgehead atoms. The molecule has 0 aromatic heterocycles. The molecule has 0 aliphatic heterocycles. The largest absolute Gasteiger partial charge is 0.398 e. The maximum absolute atomic E-state index is 6.01. The lowest BCUT2D eigenvalue weighted by Gasteiger charge is -2.15. The van der Waals surface area contributed by atoms with Crippen LogP contribution in [0.4, 0.5) is 5.69 Å². The molecule has 1 aromatic rings. The number of hydrogen-bond acceptors (Lipinski definition) is 1. The fourth-order valence-electron chi connectivity index (χ4n) is 3.08. The summed E-state index contributed by atoms with van der Waals surface area (Å²) in [6, 6.07) is 6.11. The van der Waals surface area contributed by atoms with Crippen molar-refractivity contribution >= 4 is 28.9 Å². The molecular formula is C12H11Cl2N. The molecule has 2 aliphatic rings. The van der Waals surface area contributed by atoms with Crippen LogP contribution in [-0.2, 0) is 0 Å². The number of nitrogens with two attached hydrogens (primary N) is 1. The number of benzene rings is 1. The monoisotopic (exact) mass is 239 g/mol. The molecule has 2 aliphatic carbocycles.